The maximum absolute atomic E-state index is 11.0. The van der Waals surface area contributed by atoms with Crippen LogP contribution in [0.15, 0.2) is 36.1 Å². The van der Waals surface area contributed by atoms with Gasteiger partial charge in [0.2, 0.25) is 5.91 Å². The summed E-state index contributed by atoms with van der Waals surface area (Å²) in [5, 5.41) is 2.58. The van der Waals surface area contributed by atoms with Crippen LogP contribution in [-0.2, 0) is 14.4 Å². The molecule has 142 valence electrons. The van der Waals surface area contributed by atoms with Crippen LogP contribution < -0.4 is 11.2 Å². The monoisotopic (exact) mass is 342 g/mol. The van der Waals surface area contributed by atoms with Crippen molar-refractivity contribution in [3.8, 4) is 0 Å². The van der Waals surface area contributed by atoms with Crippen LogP contribution in [0.5, 0.6) is 0 Å². The van der Waals surface area contributed by atoms with Crippen molar-refractivity contribution in [2.45, 2.75) is 66.9 Å². The second-order valence-corrected chi connectivity index (χ2v) is 4.35. The molecular weight excluding hydrogens is 304 g/mol. The smallest absolute Gasteiger partial charge is 0.219 e. The van der Waals surface area contributed by atoms with E-state index in [0.29, 0.717) is 18.8 Å². The second kappa shape index (κ2) is 21.4. The van der Waals surface area contributed by atoms with Gasteiger partial charge in [-0.1, -0.05) is 46.4 Å². The predicted octanol–water partition coefficient (Wildman–Crippen LogP) is 4.27. The lowest BCUT2D eigenvalue weighted by atomic mass is 10.1. The molecule has 0 aromatic carbocycles. The molecule has 0 radical (unpaired) electrons. The van der Waals surface area contributed by atoms with Gasteiger partial charge >= 0.3 is 0 Å². The molecule has 5 nitrogen and oxygen atoms in total. The van der Waals surface area contributed by atoms with Crippen LogP contribution in [0.2, 0.25) is 0 Å². The lowest BCUT2D eigenvalue weighted by Crippen LogP contribution is -2.17. The van der Waals surface area contributed by atoms with Gasteiger partial charge in [0.05, 0.1) is 6.61 Å². The van der Waals surface area contributed by atoms with E-state index in [1.54, 1.807) is 13.1 Å². The van der Waals surface area contributed by atoms with Gasteiger partial charge < -0.3 is 10.1 Å². The first kappa shape index (κ1) is 27.3. The molecule has 0 spiro atoms. The quantitative estimate of drug-likeness (QED) is 0.269. The molecule has 0 aromatic rings. The predicted molar refractivity (Wildman–Crippen MR) is 103 cm³/mol. The number of unbranched alkanes of at least 4 members (excludes halogenated alkanes) is 1. The molecule has 24 heavy (non-hydrogen) atoms. The van der Waals surface area contributed by atoms with E-state index in [1.165, 1.54) is 0 Å². The zero-order valence-corrected chi connectivity index (χ0v) is 16.6. The third-order valence-corrected chi connectivity index (χ3v) is 2.83. The molecule has 0 aliphatic carbocycles. The highest BCUT2D eigenvalue weighted by molar-refractivity contribution is 5.75. The topological polar surface area (TPSA) is 73.6 Å². The fourth-order valence-electron chi connectivity index (χ4n) is 1.50. The summed E-state index contributed by atoms with van der Waals surface area (Å²) in [4.78, 5) is 15.8. The number of rotatable bonds is 10. The molecule has 0 aromatic heterocycles. The van der Waals surface area contributed by atoms with Crippen molar-refractivity contribution in [3.63, 3.8) is 0 Å². The highest BCUT2D eigenvalue weighted by Crippen LogP contribution is 2.09. The van der Waals surface area contributed by atoms with Crippen molar-refractivity contribution in [1.29, 1.82) is 0 Å². The molecule has 0 aliphatic heterocycles. The number of hydrogen-bond donors (Lipinski definition) is 2. The van der Waals surface area contributed by atoms with Gasteiger partial charge in [0, 0.05) is 13.5 Å². The van der Waals surface area contributed by atoms with Crippen LogP contribution in [0.1, 0.15) is 60.8 Å². The van der Waals surface area contributed by atoms with E-state index < -0.39 is 0 Å². The molecule has 5 heteroatoms. The van der Waals surface area contributed by atoms with E-state index >= 15 is 0 Å². The maximum Gasteiger partial charge on any atom is 0.219 e. The van der Waals surface area contributed by atoms with Gasteiger partial charge in [-0.2, -0.15) is 0 Å². The summed E-state index contributed by atoms with van der Waals surface area (Å²) in [5.74, 6) is 5.77. The number of nitrogens with two attached hydrogens (primary N) is 1. The van der Waals surface area contributed by atoms with Gasteiger partial charge in [-0.25, -0.2) is 5.90 Å². The Morgan fingerprint density at radius 2 is 1.79 bits per heavy atom. The Hall–Kier alpha value is -1.59. The minimum atomic E-state index is -0.170. The first-order valence-electron chi connectivity index (χ1n) is 8.77. The third kappa shape index (κ3) is 16.8. The molecule has 1 unspecified atom stereocenters. The summed E-state index contributed by atoms with van der Waals surface area (Å²) in [5.41, 5.74) is 0.955. The summed E-state index contributed by atoms with van der Waals surface area (Å²) in [7, 11) is 1.64. The maximum atomic E-state index is 11.0. The molecule has 0 fully saturated rings. The zero-order valence-electron chi connectivity index (χ0n) is 16.6. The Kier molecular flexibility index (Phi) is 24.3. The molecule has 3 N–H and O–H groups in total. The Labute approximate surface area is 148 Å². The minimum absolute atomic E-state index is 0.0530. The number of ether oxygens (including phenoxy) is 1. The van der Waals surface area contributed by atoms with Crippen molar-refractivity contribution in [3.05, 3.63) is 36.1 Å². The number of nitrogens with one attached hydrogen (secondary N) is 1. The fourth-order valence-corrected chi connectivity index (χ4v) is 1.50. The third-order valence-electron chi connectivity index (χ3n) is 2.83. The summed E-state index contributed by atoms with van der Waals surface area (Å²) in [6.07, 6.45) is 7.54. The van der Waals surface area contributed by atoms with Gasteiger partial charge in [0.1, 0.15) is 11.9 Å². The minimum Gasteiger partial charge on any atom is -0.494 e. The molecule has 0 saturated carbocycles. The van der Waals surface area contributed by atoms with Crippen LogP contribution in [-0.4, -0.2) is 25.7 Å². The zero-order chi connectivity index (χ0) is 19.4. The highest BCUT2D eigenvalue weighted by Gasteiger charge is 2.03. The molecule has 1 amide bonds. The standard InChI is InChI=1S/C15H26N2O3.2C2H6/c1-5-14(13(3)20-16)10-9-12(2)19-11-7-6-8-15(18)17-4;2*1-2/h5,9-10,13H,2,6-8,11,16H2,1,3-4H3,(H,17,18);2*1-2H3/b10-9-,14-5+;;. The van der Waals surface area contributed by atoms with E-state index in [2.05, 4.69) is 11.9 Å². The van der Waals surface area contributed by atoms with Gasteiger partial charge in [-0.3, -0.25) is 9.63 Å². The average Bonchev–Trinajstić information content (AvgIpc) is 2.64. The van der Waals surface area contributed by atoms with Crippen molar-refractivity contribution >= 4 is 5.91 Å². The lowest BCUT2D eigenvalue weighted by Gasteiger charge is -2.10. The van der Waals surface area contributed by atoms with Crippen molar-refractivity contribution < 1.29 is 14.4 Å². The normalized spacial score (nSPS) is 11.6. The number of hydrogen-bond acceptors (Lipinski definition) is 4. The molecule has 0 rings (SSSR count). The summed E-state index contributed by atoms with van der Waals surface area (Å²) in [6.45, 7) is 16.1. The highest BCUT2D eigenvalue weighted by atomic mass is 16.6. The molecule has 1 atom stereocenters. The van der Waals surface area contributed by atoms with Gasteiger partial charge in [-0.15, -0.1) is 0 Å². The first-order chi connectivity index (χ1) is 11.5. The number of carbonyl (C=O) groups is 1. The molecule has 0 heterocycles. The Morgan fingerprint density at radius 1 is 1.21 bits per heavy atom. The van der Waals surface area contributed by atoms with E-state index in [9.17, 15) is 4.79 Å². The summed E-state index contributed by atoms with van der Waals surface area (Å²) < 4.78 is 5.45. The lowest BCUT2D eigenvalue weighted by molar-refractivity contribution is -0.120. The average molecular weight is 343 g/mol. The largest absolute Gasteiger partial charge is 0.494 e. The van der Waals surface area contributed by atoms with Crippen LogP contribution in [0.4, 0.5) is 0 Å². The van der Waals surface area contributed by atoms with Crippen molar-refractivity contribution in [1.82, 2.24) is 5.32 Å². The SMILES string of the molecule is C=C(/C=C\C(=C/C)C(C)ON)OCCCCC(=O)NC.CC.CC. The Bertz CT molecular complexity index is 364. The Morgan fingerprint density at radius 3 is 2.25 bits per heavy atom. The summed E-state index contributed by atoms with van der Waals surface area (Å²) in [6, 6.07) is 0. The van der Waals surface area contributed by atoms with E-state index in [4.69, 9.17) is 15.5 Å². The van der Waals surface area contributed by atoms with E-state index in [0.717, 1.165) is 18.4 Å². The van der Waals surface area contributed by atoms with Crippen LogP contribution in [0.3, 0.4) is 0 Å². The molecular formula is C19H38N2O3. The Balaban J connectivity index is -0.00000102. The first-order valence-corrected chi connectivity index (χ1v) is 8.77. The number of allylic oxidation sites excluding steroid dienone is 2. The number of amides is 1. The second-order valence-electron chi connectivity index (χ2n) is 4.35. The van der Waals surface area contributed by atoms with Gasteiger partial charge in [0.15, 0.2) is 0 Å². The van der Waals surface area contributed by atoms with E-state index in [1.807, 2.05) is 53.7 Å². The van der Waals surface area contributed by atoms with E-state index in [-0.39, 0.29) is 12.0 Å². The van der Waals surface area contributed by atoms with Crippen LogP contribution >= 0.6 is 0 Å². The van der Waals surface area contributed by atoms with Gasteiger partial charge in [0.25, 0.3) is 0 Å². The molecule has 0 aliphatic rings. The number of carbonyl (C=O) groups excluding carboxylic acids is 1. The fraction of sp³-hybridized carbons (Fsp3) is 0.632. The van der Waals surface area contributed by atoms with Crippen molar-refractivity contribution in [2.75, 3.05) is 13.7 Å². The summed E-state index contributed by atoms with van der Waals surface area (Å²) >= 11 is 0. The molecule has 0 bridgehead atoms. The van der Waals surface area contributed by atoms with Crippen LogP contribution in [0, 0.1) is 0 Å². The molecule has 0 saturated heterocycles. The van der Waals surface area contributed by atoms with Crippen molar-refractivity contribution in [2.24, 2.45) is 5.90 Å². The van der Waals surface area contributed by atoms with Gasteiger partial charge in [-0.05, 0) is 38.3 Å². The van der Waals surface area contributed by atoms with Crippen LogP contribution in [0.25, 0.3) is 0 Å².